The summed E-state index contributed by atoms with van der Waals surface area (Å²) in [6.45, 7) is 7.39. The molecule has 0 aromatic carbocycles. The van der Waals surface area contributed by atoms with Crippen LogP contribution in [-0.4, -0.2) is 59.0 Å². The van der Waals surface area contributed by atoms with E-state index in [0.717, 1.165) is 48.0 Å². The first kappa shape index (κ1) is 19.5. The molecule has 1 N–H and O–H groups in total. The molecule has 1 fully saturated rings. The van der Waals surface area contributed by atoms with Crippen molar-refractivity contribution in [1.29, 1.82) is 5.26 Å². The third-order valence-electron chi connectivity index (χ3n) is 5.03. The van der Waals surface area contributed by atoms with Crippen LogP contribution >= 0.6 is 0 Å². The number of anilines is 2. The summed E-state index contributed by atoms with van der Waals surface area (Å²) in [6, 6.07) is 4.24. The molecule has 8 nitrogen and oxygen atoms in total. The van der Waals surface area contributed by atoms with Gasteiger partial charge in [0.15, 0.2) is 0 Å². The maximum atomic E-state index is 12.3. The molecule has 0 radical (unpaired) electrons. The van der Waals surface area contributed by atoms with Crippen LogP contribution in [0.3, 0.4) is 0 Å². The minimum atomic E-state index is -0.199. The van der Waals surface area contributed by atoms with Gasteiger partial charge in [-0.2, -0.15) is 5.26 Å². The molecular formula is C20H25N7O. The van der Waals surface area contributed by atoms with E-state index in [4.69, 9.17) is 5.26 Å². The van der Waals surface area contributed by atoms with Crippen molar-refractivity contribution in [3.8, 4) is 6.07 Å². The summed E-state index contributed by atoms with van der Waals surface area (Å²) < 4.78 is 0. The van der Waals surface area contributed by atoms with Crippen molar-refractivity contribution in [2.24, 2.45) is 0 Å². The number of nitriles is 1. The first-order chi connectivity index (χ1) is 13.3. The molecule has 1 saturated heterocycles. The van der Waals surface area contributed by atoms with Crippen LogP contribution < -0.4 is 10.2 Å². The lowest BCUT2D eigenvalue weighted by atomic mass is 10.2. The number of hydrogen-bond acceptors (Lipinski definition) is 7. The molecule has 0 spiro atoms. The van der Waals surface area contributed by atoms with Crippen molar-refractivity contribution < 1.29 is 4.79 Å². The van der Waals surface area contributed by atoms with E-state index in [1.54, 1.807) is 20.3 Å². The molecule has 3 rings (SSSR count). The topological polar surface area (TPSA) is 98.0 Å². The van der Waals surface area contributed by atoms with E-state index in [1.165, 1.54) is 4.90 Å². The van der Waals surface area contributed by atoms with Gasteiger partial charge in [-0.05, 0) is 38.8 Å². The van der Waals surface area contributed by atoms with Crippen LogP contribution in [0.4, 0.5) is 11.6 Å². The zero-order valence-electron chi connectivity index (χ0n) is 16.9. The van der Waals surface area contributed by atoms with Crippen molar-refractivity contribution in [1.82, 2.24) is 19.9 Å². The van der Waals surface area contributed by atoms with Crippen LogP contribution in [0, 0.1) is 32.1 Å². The predicted octanol–water partition coefficient (Wildman–Crippen LogP) is 2.06. The molecule has 0 bridgehead atoms. The highest BCUT2D eigenvalue weighted by atomic mass is 16.2. The molecule has 2 aromatic rings. The van der Waals surface area contributed by atoms with Gasteiger partial charge in [0.2, 0.25) is 5.82 Å². The summed E-state index contributed by atoms with van der Waals surface area (Å²) >= 11 is 0. The summed E-state index contributed by atoms with van der Waals surface area (Å²) in [5.41, 5.74) is 3.30. The number of aromatic nitrogens is 3. The second-order valence-electron chi connectivity index (χ2n) is 7.35. The molecule has 1 atom stereocenters. The average molecular weight is 379 g/mol. The number of hydrogen-bond donors (Lipinski definition) is 1. The number of rotatable bonds is 4. The van der Waals surface area contributed by atoms with Gasteiger partial charge in [-0.15, -0.1) is 0 Å². The zero-order chi connectivity index (χ0) is 20.4. The lowest BCUT2D eigenvalue weighted by Gasteiger charge is -2.22. The quantitative estimate of drug-likeness (QED) is 0.868. The lowest BCUT2D eigenvalue weighted by molar-refractivity contribution is 0.0815. The van der Waals surface area contributed by atoms with Gasteiger partial charge in [0.1, 0.15) is 17.7 Å². The molecular weight excluding hydrogens is 354 g/mol. The highest BCUT2D eigenvalue weighted by molar-refractivity contribution is 5.90. The molecule has 1 aliphatic rings. The summed E-state index contributed by atoms with van der Waals surface area (Å²) in [5.74, 6) is 1.60. The Balaban J connectivity index is 1.77. The monoisotopic (exact) mass is 379 g/mol. The molecule has 0 unspecified atom stereocenters. The Bertz CT molecular complexity index is 948. The molecule has 0 aliphatic carbocycles. The zero-order valence-corrected chi connectivity index (χ0v) is 16.9. The Hall–Kier alpha value is -3.21. The van der Waals surface area contributed by atoms with E-state index in [9.17, 15) is 4.79 Å². The van der Waals surface area contributed by atoms with Crippen molar-refractivity contribution >= 4 is 17.5 Å². The largest absolute Gasteiger partial charge is 0.365 e. The van der Waals surface area contributed by atoms with Crippen molar-refractivity contribution in [3.63, 3.8) is 0 Å². The first-order valence-corrected chi connectivity index (χ1v) is 9.25. The van der Waals surface area contributed by atoms with Gasteiger partial charge < -0.3 is 15.1 Å². The molecule has 8 heteroatoms. The smallest absolute Gasteiger partial charge is 0.291 e. The van der Waals surface area contributed by atoms with Gasteiger partial charge >= 0.3 is 0 Å². The fraction of sp³-hybridized carbons (Fsp3) is 0.450. The summed E-state index contributed by atoms with van der Waals surface area (Å²) in [4.78, 5) is 29.2. The Morgan fingerprint density at radius 1 is 1.32 bits per heavy atom. The summed E-state index contributed by atoms with van der Waals surface area (Å²) in [7, 11) is 3.39. The minimum absolute atomic E-state index is 0.199. The average Bonchev–Trinajstić information content (AvgIpc) is 3.11. The maximum absolute atomic E-state index is 12.3. The number of nitrogens with zero attached hydrogens (tertiary/aromatic N) is 6. The van der Waals surface area contributed by atoms with Gasteiger partial charge in [-0.25, -0.2) is 15.0 Å². The molecule has 1 amide bonds. The Morgan fingerprint density at radius 2 is 2.07 bits per heavy atom. The van der Waals surface area contributed by atoms with Crippen LogP contribution in [0.2, 0.25) is 0 Å². The number of carbonyl (C=O) groups excluding carboxylic acids is 1. The normalized spacial score (nSPS) is 16.0. The number of carbonyl (C=O) groups is 1. The van der Waals surface area contributed by atoms with Gasteiger partial charge in [-0.3, -0.25) is 4.79 Å². The highest BCUT2D eigenvalue weighted by Crippen LogP contribution is 2.25. The fourth-order valence-electron chi connectivity index (χ4n) is 3.25. The summed E-state index contributed by atoms with van der Waals surface area (Å²) in [6.07, 6.45) is 2.53. The number of pyridine rings is 1. The Labute approximate surface area is 165 Å². The molecule has 1 aliphatic heterocycles. The molecule has 2 aromatic heterocycles. The predicted molar refractivity (Wildman–Crippen MR) is 107 cm³/mol. The molecule has 146 valence electrons. The van der Waals surface area contributed by atoms with Crippen molar-refractivity contribution in [3.05, 3.63) is 40.5 Å². The Morgan fingerprint density at radius 3 is 2.71 bits per heavy atom. The van der Waals surface area contributed by atoms with Gasteiger partial charge in [-0.1, -0.05) is 0 Å². The highest BCUT2D eigenvalue weighted by Gasteiger charge is 2.27. The number of amides is 1. The number of aryl methyl sites for hydroxylation is 2. The van der Waals surface area contributed by atoms with Gasteiger partial charge in [0.05, 0.1) is 5.56 Å². The maximum Gasteiger partial charge on any atom is 0.291 e. The van der Waals surface area contributed by atoms with Crippen molar-refractivity contribution in [2.45, 2.75) is 33.2 Å². The molecule has 3 heterocycles. The first-order valence-electron chi connectivity index (χ1n) is 9.25. The second kappa shape index (κ2) is 7.80. The molecule has 28 heavy (non-hydrogen) atoms. The third kappa shape index (κ3) is 3.88. The SMILES string of the molecule is Cc1cc(N[C@@H]2CCN(c3nc(C(=O)N(C)C)nc(C)c3C)C2)ncc1C#N. The standard InChI is InChI=1S/C20H25N7O/c1-12-8-17(22-10-15(12)9-21)24-16-6-7-27(11-16)19-13(2)14(3)23-18(25-19)20(28)26(4)5/h8,10,16H,6-7,11H2,1-5H3,(H,22,24)/t16-/m1/s1. The van der Waals surface area contributed by atoms with Crippen LogP contribution in [0.15, 0.2) is 12.3 Å². The van der Waals surface area contributed by atoms with E-state index in [0.29, 0.717) is 5.56 Å². The van der Waals surface area contributed by atoms with E-state index in [1.807, 2.05) is 26.8 Å². The van der Waals surface area contributed by atoms with E-state index in [2.05, 4.69) is 31.2 Å². The third-order valence-corrected chi connectivity index (χ3v) is 5.03. The summed E-state index contributed by atoms with van der Waals surface area (Å²) in [5, 5.41) is 12.5. The lowest BCUT2D eigenvalue weighted by Crippen LogP contribution is -2.30. The van der Waals surface area contributed by atoms with Crippen molar-refractivity contribution in [2.75, 3.05) is 37.4 Å². The van der Waals surface area contributed by atoms with Gasteiger partial charge in [0, 0.05) is 50.7 Å². The Kier molecular flexibility index (Phi) is 5.45. The minimum Gasteiger partial charge on any atom is -0.365 e. The molecule has 0 saturated carbocycles. The number of nitrogens with one attached hydrogen (secondary N) is 1. The van der Waals surface area contributed by atoms with Crippen LogP contribution in [0.25, 0.3) is 0 Å². The second-order valence-corrected chi connectivity index (χ2v) is 7.35. The van der Waals surface area contributed by atoms with Crippen LogP contribution in [0.1, 0.15) is 39.4 Å². The van der Waals surface area contributed by atoms with E-state index >= 15 is 0 Å². The van der Waals surface area contributed by atoms with Crippen LogP contribution in [0.5, 0.6) is 0 Å². The van der Waals surface area contributed by atoms with E-state index in [-0.39, 0.29) is 17.8 Å². The van der Waals surface area contributed by atoms with E-state index < -0.39 is 0 Å². The van der Waals surface area contributed by atoms with Crippen LogP contribution in [-0.2, 0) is 0 Å². The van der Waals surface area contributed by atoms with Gasteiger partial charge in [0.25, 0.3) is 5.91 Å². The fourth-order valence-corrected chi connectivity index (χ4v) is 3.25.